The van der Waals surface area contributed by atoms with Gasteiger partial charge in [0, 0.05) is 20.0 Å². The molecular weight excluding hydrogens is 472 g/mol. The minimum absolute atomic E-state index is 0.0718. The molecule has 2 rings (SSSR count). The molecule has 0 spiro atoms. The molecule has 0 aromatic carbocycles. The van der Waals surface area contributed by atoms with Crippen molar-refractivity contribution in [3.63, 3.8) is 0 Å². The zero-order valence-electron chi connectivity index (χ0n) is 24.0. The Labute approximate surface area is 216 Å². The summed E-state index contributed by atoms with van der Waals surface area (Å²) in [5.41, 5.74) is -0.966. The summed E-state index contributed by atoms with van der Waals surface area (Å²) < 4.78 is 38.1. The second kappa shape index (κ2) is 13.0. The number of carbonyl (C=O) groups is 2. The Hall–Kier alpha value is -1.30. The first-order valence-corrected chi connectivity index (χ1v) is 12.5. The Morgan fingerprint density at radius 2 is 1.14 bits per heavy atom. The van der Waals surface area contributed by atoms with E-state index in [-0.39, 0.29) is 56.0 Å². The molecule has 1 N–H and O–H groups in total. The molecule has 0 saturated carbocycles. The first kappa shape index (κ1) is 32.7. The summed E-state index contributed by atoms with van der Waals surface area (Å²) in [5.74, 6) is -2.08. The maximum Gasteiger partial charge on any atom is 0.308 e. The molecule has 0 bridgehead atoms. The number of ether oxygens (including phenoxy) is 7. The van der Waals surface area contributed by atoms with Crippen LogP contribution in [0.2, 0.25) is 0 Å². The third kappa shape index (κ3) is 13.9. The molecule has 0 amide bonds. The molecule has 2 aliphatic heterocycles. The molecule has 2 aliphatic rings. The highest BCUT2D eigenvalue weighted by Gasteiger charge is 2.38. The van der Waals surface area contributed by atoms with Crippen molar-refractivity contribution >= 4 is 11.9 Å². The van der Waals surface area contributed by atoms with Gasteiger partial charge in [0.15, 0.2) is 17.9 Å². The van der Waals surface area contributed by atoms with Crippen LogP contribution < -0.4 is 0 Å². The van der Waals surface area contributed by atoms with Crippen molar-refractivity contribution in [1.82, 2.24) is 0 Å². The van der Waals surface area contributed by atoms with Gasteiger partial charge in [-0.3, -0.25) is 9.59 Å². The van der Waals surface area contributed by atoms with E-state index in [0.29, 0.717) is 12.8 Å². The average molecular weight is 521 g/mol. The van der Waals surface area contributed by atoms with Gasteiger partial charge in [0.25, 0.3) is 0 Å². The van der Waals surface area contributed by atoms with Gasteiger partial charge in [-0.2, -0.15) is 0 Å². The topological polar surface area (TPSA) is 119 Å². The van der Waals surface area contributed by atoms with Gasteiger partial charge in [-0.1, -0.05) is 0 Å². The summed E-state index contributed by atoms with van der Waals surface area (Å²) in [5, 5.41) is 9.16. The van der Waals surface area contributed by atoms with Crippen LogP contribution in [0.25, 0.3) is 0 Å². The lowest BCUT2D eigenvalue weighted by atomic mass is 10.1. The fourth-order valence-corrected chi connectivity index (χ4v) is 3.92. The van der Waals surface area contributed by atoms with E-state index in [2.05, 4.69) is 0 Å². The third-order valence-electron chi connectivity index (χ3n) is 4.84. The Balaban J connectivity index is 0.000000360. The number of carbonyl (C=O) groups excluding carboxylic acids is 2. The first-order valence-electron chi connectivity index (χ1n) is 12.5. The van der Waals surface area contributed by atoms with Crippen molar-refractivity contribution in [1.29, 1.82) is 0 Å². The van der Waals surface area contributed by atoms with Crippen molar-refractivity contribution in [3.8, 4) is 0 Å². The van der Waals surface area contributed by atoms with Gasteiger partial charge in [-0.15, -0.1) is 0 Å². The van der Waals surface area contributed by atoms with Gasteiger partial charge in [-0.25, -0.2) is 0 Å². The Morgan fingerprint density at radius 1 is 0.750 bits per heavy atom. The number of aliphatic hydroxyl groups excluding tert-OH is 1. The van der Waals surface area contributed by atoms with Crippen LogP contribution in [-0.2, 0) is 42.7 Å². The van der Waals surface area contributed by atoms with Crippen molar-refractivity contribution in [2.45, 2.75) is 142 Å². The predicted molar refractivity (Wildman–Crippen MR) is 132 cm³/mol. The van der Waals surface area contributed by atoms with Crippen LogP contribution in [0.15, 0.2) is 0 Å². The maximum atomic E-state index is 11.7. The van der Waals surface area contributed by atoms with E-state index < -0.39 is 22.8 Å². The van der Waals surface area contributed by atoms with E-state index >= 15 is 0 Å². The van der Waals surface area contributed by atoms with Crippen molar-refractivity contribution in [2.24, 2.45) is 0 Å². The second-order valence-corrected chi connectivity index (χ2v) is 12.0. The van der Waals surface area contributed by atoms with Gasteiger partial charge < -0.3 is 38.3 Å². The predicted octanol–water partition coefficient (Wildman–Crippen LogP) is 3.85. The number of hydrogen-bond donors (Lipinski definition) is 1. The fourth-order valence-electron chi connectivity index (χ4n) is 3.92. The molecule has 2 heterocycles. The SMILES string of the molecule is CC(C)(C)OC(=O)C[C@H]1C[C@@H](CO)OC(C)(C)O1.CO[C@@H]1C[C@H](CC(=O)OC(C)(C)C)OC(C)(C)O1. The summed E-state index contributed by atoms with van der Waals surface area (Å²) in [6.07, 6.45) is 0.264. The van der Waals surface area contributed by atoms with Crippen LogP contribution >= 0.6 is 0 Å². The van der Waals surface area contributed by atoms with Crippen molar-refractivity contribution < 1.29 is 47.9 Å². The lowest BCUT2D eigenvalue weighted by Crippen LogP contribution is -2.46. The smallest absolute Gasteiger partial charge is 0.308 e. The summed E-state index contributed by atoms with van der Waals surface area (Å²) in [4.78, 5) is 23.5. The fraction of sp³-hybridized carbons (Fsp3) is 0.923. The standard InChI is InChI=1S/2C13H24O5/c1-12(2,3)17-10(14)7-9-8-11(15-6)18-13(4,5)16-9;1-12(2,3)18-11(15)7-9-6-10(8-14)17-13(4,5)16-9/h9,11H,7-8H2,1-6H3;9-10,14H,6-8H2,1-5H3/t9-,11-;9-,10+/m01/s1. The lowest BCUT2D eigenvalue weighted by Gasteiger charge is -2.40. The molecule has 36 heavy (non-hydrogen) atoms. The van der Waals surface area contributed by atoms with Crippen LogP contribution in [0.5, 0.6) is 0 Å². The van der Waals surface area contributed by atoms with Crippen LogP contribution in [-0.4, -0.2) is 78.1 Å². The van der Waals surface area contributed by atoms with E-state index in [4.69, 9.17) is 38.3 Å². The molecular formula is C26H48O10. The normalized spacial score (nSPS) is 27.9. The number of hydrogen-bond acceptors (Lipinski definition) is 10. The number of rotatable bonds is 6. The van der Waals surface area contributed by atoms with Crippen LogP contribution in [0.4, 0.5) is 0 Å². The molecule has 2 saturated heterocycles. The zero-order valence-corrected chi connectivity index (χ0v) is 24.0. The quantitative estimate of drug-likeness (QED) is 0.517. The highest BCUT2D eigenvalue weighted by atomic mass is 16.8. The Morgan fingerprint density at radius 3 is 1.53 bits per heavy atom. The second-order valence-electron chi connectivity index (χ2n) is 12.0. The van der Waals surface area contributed by atoms with Gasteiger partial charge in [0.2, 0.25) is 0 Å². The molecule has 10 heteroatoms. The van der Waals surface area contributed by atoms with Crippen LogP contribution in [0.1, 0.15) is 94.9 Å². The molecule has 10 nitrogen and oxygen atoms in total. The molecule has 0 aromatic rings. The Bertz CT molecular complexity index is 644. The molecule has 4 atom stereocenters. The minimum atomic E-state index is -0.779. The molecule has 212 valence electrons. The number of aliphatic hydroxyl groups is 1. The van der Waals surface area contributed by atoms with Gasteiger partial charge in [0.05, 0.1) is 37.8 Å². The lowest BCUT2D eigenvalue weighted by molar-refractivity contribution is -0.346. The van der Waals surface area contributed by atoms with E-state index in [9.17, 15) is 9.59 Å². The van der Waals surface area contributed by atoms with E-state index in [1.807, 2.05) is 41.5 Å². The largest absolute Gasteiger partial charge is 0.460 e. The molecule has 0 aromatic heterocycles. The van der Waals surface area contributed by atoms with Gasteiger partial charge in [0.1, 0.15) is 11.2 Å². The van der Waals surface area contributed by atoms with Crippen molar-refractivity contribution in [3.05, 3.63) is 0 Å². The summed E-state index contributed by atoms with van der Waals surface area (Å²) in [6, 6.07) is 0. The molecule has 2 fully saturated rings. The highest BCUT2D eigenvalue weighted by Crippen LogP contribution is 2.30. The number of methoxy groups -OCH3 is 1. The molecule has 0 radical (unpaired) electrons. The molecule has 0 aliphatic carbocycles. The highest BCUT2D eigenvalue weighted by molar-refractivity contribution is 5.70. The maximum absolute atomic E-state index is 11.7. The summed E-state index contributed by atoms with van der Waals surface area (Å²) in [6.45, 7) is 18.1. The summed E-state index contributed by atoms with van der Waals surface area (Å²) in [7, 11) is 1.58. The van der Waals surface area contributed by atoms with E-state index in [0.717, 1.165) is 0 Å². The van der Waals surface area contributed by atoms with Crippen LogP contribution in [0, 0.1) is 0 Å². The number of esters is 2. The van der Waals surface area contributed by atoms with E-state index in [1.165, 1.54) is 0 Å². The van der Waals surface area contributed by atoms with Crippen molar-refractivity contribution in [2.75, 3.05) is 13.7 Å². The minimum Gasteiger partial charge on any atom is -0.460 e. The zero-order chi connectivity index (χ0) is 27.9. The first-order chi connectivity index (χ1) is 16.2. The summed E-state index contributed by atoms with van der Waals surface area (Å²) >= 11 is 0. The molecule has 0 unspecified atom stereocenters. The Kier molecular flexibility index (Phi) is 11.8. The third-order valence-corrected chi connectivity index (χ3v) is 4.84. The van der Waals surface area contributed by atoms with Gasteiger partial charge >= 0.3 is 11.9 Å². The van der Waals surface area contributed by atoms with E-state index in [1.54, 1.807) is 34.8 Å². The van der Waals surface area contributed by atoms with Gasteiger partial charge in [-0.05, 0) is 69.2 Å². The average Bonchev–Trinajstić information content (AvgIpc) is 2.62. The monoisotopic (exact) mass is 520 g/mol. The van der Waals surface area contributed by atoms with Crippen LogP contribution in [0.3, 0.4) is 0 Å².